The molecule has 0 aliphatic heterocycles. The summed E-state index contributed by atoms with van der Waals surface area (Å²) in [7, 11) is 5.05. The van der Waals surface area contributed by atoms with Crippen LogP contribution < -0.4 is 20.1 Å². The van der Waals surface area contributed by atoms with Crippen molar-refractivity contribution in [2.75, 3.05) is 27.8 Å². The maximum absolute atomic E-state index is 12.2. The molecule has 3 amide bonds. The van der Waals surface area contributed by atoms with E-state index in [1.54, 1.807) is 21.1 Å². The van der Waals surface area contributed by atoms with Crippen molar-refractivity contribution < 1.29 is 19.1 Å². The van der Waals surface area contributed by atoms with Gasteiger partial charge < -0.3 is 14.8 Å². The molecule has 1 rings (SSSR count). The van der Waals surface area contributed by atoms with Gasteiger partial charge in [-0.1, -0.05) is 6.07 Å². The van der Waals surface area contributed by atoms with Crippen molar-refractivity contribution in [3.05, 3.63) is 23.8 Å². The molecular formula is C19H31N3O4. The minimum absolute atomic E-state index is 0.332. The largest absolute Gasteiger partial charge is 0.493 e. The normalized spacial score (nSPS) is 12.5. The summed E-state index contributed by atoms with van der Waals surface area (Å²) in [5.74, 6) is 1.03. The van der Waals surface area contributed by atoms with Gasteiger partial charge in [-0.15, -0.1) is 0 Å². The van der Waals surface area contributed by atoms with Gasteiger partial charge in [0.15, 0.2) is 11.5 Å². The van der Waals surface area contributed by atoms with E-state index in [2.05, 4.69) is 10.6 Å². The number of carbonyl (C=O) groups is 2. The van der Waals surface area contributed by atoms with Crippen LogP contribution in [-0.2, 0) is 11.2 Å². The molecule has 26 heavy (non-hydrogen) atoms. The molecule has 1 atom stereocenters. The Morgan fingerprint density at radius 1 is 1.15 bits per heavy atom. The molecule has 7 nitrogen and oxygen atoms in total. The third-order valence-electron chi connectivity index (χ3n) is 3.97. The quantitative estimate of drug-likeness (QED) is 0.774. The van der Waals surface area contributed by atoms with E-state index < -0.39 is 17.6 Å². The Labute approximate surface area is 156 Å². The standard InChI is InChI=1S/C19H31N3O4/c1-13(17(23)20-18(24)21-19(2,3)4)22(5)11-10-14-8-9-15(25-6)16(12-14)26-7/h8-9,12-13H,10-11H2,1-7H3,(H2,20,21,23,24)/t13-/m1/s1. The third-order valence-corrected chi connectivity index (χ3v) is 3.97. The molecule has 0 spiro atoms. The molecule has 0 unspecified atom stereocenters. The molecule has 0 bridgehead atoms. The summed E-state index contributed by atoms with van der Waals surface area (Å²) >= 11 is 0. The molecule has 2 N–H and O–H groups in total. The molecular weight excluding hydrogens is 334 g/mol. The SMILES string of the molecule is COc1ccc(CCN(C)[C@H](C)C(=O)NC(=O)NC(C)(C)C)cc1OC. The minimum atomic E-state index is -0.484. The zero-order valence-corrected chi connectivity index (χ0v) is 16.8. The summed E-state index contributed by atoms with van der Waals surface area (Å²) in [6.45, 7) is 8.00. The first-order valence-corrected chi connectivity index (χ1v) is 8.61. The molecule has 1 aromatic rings. The highest BCUT2D eigenvalue weighted by Crippen LogP contribution is 2.27. The number of benzene rings is 1. The molecule has 0 fully saturated rings. The number of imide groups is 1. The van der Waals surface area contributed by atoms with Crippen LogP contribution in [0.25, 0.3) is 0 Å². The van der Waals surface area contributed by atoms with Crippen molar-refractivity contribution in [1.29, 1.82) is 0 Å². The van der Waals surface area contributed by atoms with Crippen molar-refractivity contribution in [2.24, 2.45) is 0 Å². The number of ether oxygens (including phenoxy) is 2. The Bertz CT molecular complexity index is 626. The number of hydrogen-bond acceptors (Lipinski definition) is 5. The smallest absolute Gasteiger partial charge is 0.321 e. The van der Waals surface area contributed by atoms with Gasteiger partial charge in [-0.3, -0.25) is 15.0 Å². The van der Waals surface area contributed by atoms with Crippen molar-refractivity contribution in [3.8, 4) is 11.5 Å². The van der Waals surface area contributed by atoms with E-state index in [1.807, 2.05) is 50.9 Å². The van der Waals surface area contributed by atoms with Crippen LogP contribution >= 0.6 is 0 Å². The second-order valence-electron chi connectivity index (χ2n) is 7.29. The lowest BCUT2D eigenvalue weighted by molar-refractivity contribution is -0.124. The molecule has 146 valence electrons. The van der Waals surface area contributed by atoms with Gasteiger partial charge in [0.1, 0.15) is 0 Å². The van der Waals surface area contributed by atoms with E-state index in [9.17, 15) is 9.59 Å². The molecule has 0 aliphatic rings. The van der Waals surface area contributed by atoms with Crippen molar-refractivity contribution >= 4 is 11.9 Å². The van der Waals surface area contributed by atoms with Gasteiger partial charge in [0.25, 0.3) is 0 Å². The number of rotatable bonds is 7. The predicted molar refractivity (Wildman–Crippen MR) is 102 cm³/mol. The fraction of sp³-hybridized carbons (Fsp3) is 0.579. The van der Waals surface area contributed by atoms with E-state index in [1.165, 1.54) is 0 Å². The number of likely N-dealkylation sites (N-methyl/N-ethyl adjacent to an activating group) is 1. The number of urea groups is 1. The van der Waals surface area contributed by atoms with Crippen LogP contribution in [0, 0.1) is 0 Å². The van der Waals surface area contributed by atoms with Gasteiger partial charge >= 0.3 is 6.03 Å². The highest BCUT2D eigenvalue weighted by Gasteiger charge is 2.22. The topological polar surface area (TPSA) is 79.9 Å². The fourth-order valence-electron chi connectivity index (χ4n) is 2.32. The van der Waals surface area contributed by atoms with Crippen LogP contribution in [0.1, 0.15) is 33.3 Å². The first kappa shape index (κ1) is 21.8. The first-order valence-electron chi connectivity index (χ1n) is 8.61. The zero-order chi connectivity index (χ0) is 19.9. The van der Waals surface area contributed by atoms with Gasteiger partial charge in [0, 0.05) is 12.1 Å². The maximum atomic E-state index is 12.2. The van der Waals surface area contributed by atoms with E-state index >= 15 is 0 Å². The lowest BCUT2D eigenvalue weighted by atomic mass is 10.1. The maximum Gasteiger partial charge on any atom is 0.321 e. The Balaban J connectivity index is 2.57. The van der Waals surface area contributed by atoms with Gasteiger partial charge in [-0.25, -0.2) is 4.79 Å². The molecule has 0 aromatic heterocycles. The summed E-state index contributed by atoms with van der Waals surface area (Å²) in [6, 6.07) is 4.84. The average molecular weight is 365 g/mol. The van der Waals surface area contributed by atoms with Crippen LogP contribution in [0.5, 0.6) is 11.5 Å². The average Bonchev–Trinajstić information content (AvgIpc) is 2.56. The van der Waals surface area contributed by atoms with Crippen LogP contribution in [0.2, 0.25) is 0 Å². The number of nitrogens with one attached hydrogen (secondary N) is 2. The molecule has 0 saturated heterocycles. The zero-order valence-electron chi connectivity index (χ0n) is 16.8. The third kappa shape index (κ3) is 6.92. The Morgan fingerprint density at radius 2 is 1.77 bits per heavy atom. The van der Waals surface area contributed by atoms with E-state index in [0.717, 1.165) is 12.0 Å². The van der Waals surface area contributed by atoms with Gasteiger partial charge in [-0.05, 0) is 58.9 Å². The van der Waals surface area contributed by atoms with Gasteiger partial charge in [0.05, 0.1) is 20.3 Å². The van der Waals surface area contributed by atoms with Crippen molar-refractivity contribution in [2.45, 2.75) is 45.7 Å². The molecule has 0 saturated carbocycles. The van der Waals surface area contributed by atoms with E-state index in [-0.39, 0.29) is 5.91 Å². The summed E-state index contributed by atoms with van der Waals surface area (Å²) in [5, 5.41) is 5.09. The Morgan fingerprint density at radius 3 is 2.31 bits per heavy atom. The molecule has 1 aromatic carbocycles. The van der Waals surface area contributed by atoms with Crippen LogP contribution in [-0.4, -0.2) is 56.2 Å². The second-order valence-corrected chi connectivity index (χ2v) is 7.29. The van der Waals surface area contributed by atoms with E-state index in [0.29, 0.717) is 18.0 Å². The molecule has 0 radical (unpaired) electrons. The number of hydrogen-bond donors (Lipinski definition) is 2. The Hall–Kier alpha value is -2.28. The first-order chi connectivity index (χ1) is 12.1. The second kappa shape index (κ2) is 9.43. The summed E-state index contributed by atoms with van der Waals surface area (Å²) in [6.07, 6.45) is 0.739. The van der Waals surface area contributed by atoms with Gasteiger partial charge in [0.2, 0.25) is 5.91 Å². The monoisotopic (exact) mass is 365 g/mol. The van der Waals surface area contributed by atoms with E-state index in [4.69, 9.17) is 9.47 Å². The number of nitrogens with zero attached hydrogens (tertiary/aromatic N) is 1. The summed E-state index contributed by atoms with van der Waals surface area (Å²) in [4.78, 5) is 25.9. The number of methoxy groups -OCH3 is 2. The molecule has 7 heteroatoms. The van der Waals surface area contributed by atoms with Crippen LogP contribution in [0.3, 0.4) is 0 Å². The number of amides is 3. The predicted octanol–water partition coefficient (Wildman–Crippen LogP) is 2.19. The summed E-state index contributed by atoms with van der Waals surface area (Å²) < 4.78 is 10.5. The van der Waals surface area contributed by atoms with Crippen LogP contribution in [0.15, 0.2) is 18.2 Å². The highest BCUT2D eigenvalue weighted by molar-refractivity contribution is 5.97. The lowest BCUT2D eigenvalue weighted by Gasteiger charge is -2.25. The Kier molecular flexibility index (Phi) is 7.89. The molecule has 0 aliphatic carbocycles. The lowest BCUT2D eigenvalue weighted by Crippen LogP contribution is -2.52. The number of carbonyl (C=O) groups excluding carboxylic acids is 2. The van der Waals surface area contributed by atoms with Crippen molar-refractivity contribution in [3.63, 3.8) is 0 Å². The summed E-state index contributed by atoms with van der Waals surface area (Å²) in [5.41, 5.74) is 0.681. The van der Waals surface area contributed by atoms with Gasteiger partial charge in [-0.2, -0.15) is 0 Å². The molecule has 0 heterocycles. The van der Waals surface area contributed by atoms with Crippen LogP contribution in [0.4, 0.5) is 4.79 Å². The highest BCUT2D eigenvalue weighted by atomic mass is 16.5. The minimum Gasteiger partial charge on any atom is -0.493 e. The van der Waals surface area contributed by atoms with Crippen molar-refractivity contribution in [1.82, 2.24) is 15.5 Å². The fourth-order valence-corrected chi connectivity index (χ4v) is 2.32.